The van der Waals surface area contributed by atoms with Crippen molar-refractivity contribution < 1.29 is 19.0 Å². The lowest BCUT2D eigenvalue weighted by Crippen LogP contribution is -2.51. The van der Waals surface area contributed by atoms with Gasteiger partial charge in [0.1, 0.15) is 29.0 Å². The molecule has 1 saturated heterocycles. The number of hydrogen-bond donors (Lipinski definition) is 0. The Morgan fingerprint density at radius 3 is 2.41 bits per heavy atom. The molecule has 29 heavy (non-hydrogen) atoms. The zero-order valence-electron chi connectivity index (χ0n) is 17.8. The van der Waals surface area contributed by atoms with Crippen molar-refractivity contribution in [2.45, 2.75) is 64.7 Å². The van der Waals surface area contributed by atoms with E-state index in [-0.39, 0.29) is 18.2 Å². The van der Waals surface area contributed by atoms with Crippen LogP contribution in [0.2, 0.25) is 0 Å². The topological polar surface area (TPSA) is 48.0 Å². The van der Waals surface area contributed by atoms with Crippen LogP contribution < -0.4 is 9.47 Å². The average molecular weight is 398 g/mol. The smallest absolute Gasteiger partial charge is 0.410 e. The summed E-state index contributed by atoms with van der Waals surface area (Å²) in [7, 11) is 0. The van der Waals surface area contributed by atoms with E-state index in [1.807, 2.05) is 87.2 Å². The molecule has 2 aromatic carbocycles. The Bertz CT molecular complexity index is 800. The third kappa shape index (κ3) is 6.14. The van der Waals surface area contributed by atoms with Gasteiger partial charge in [0.25, 0.3) is 0 Å². The SMILES string of the molecule is CC(Oc1cccc(Oc2ccccc2)c1)[C@@H]1CCCCN1C(=O)OC(C)(C)C. The molecule has 1 amide bonds. The van der Waals surface area contributed by atoms with E-state index in [1.165, 1.54) is 0 Å². The third-order valence-corrected chi connectivity index (χ3v) is 4.83. The first kappa shape index (κ1) is 21.0. The first-order valence-electron chi connectivity index (χ1n) is 10.3. The average Bonchev–Trinajstić information content (AvgIpc) is 2.68. The van der Waals surface area contributed by atoms with Crippen molar-refractivity contribution in [3.05, 3.63) is 54.6 Å². The van der Waals surface area contributed by atoms with Gasteiger partial charge in [-0.15, -0.1) is 0 Å². The minimum Gasteiger partial charge on any atom is -0.488 e. The number of ether oxygens (including phenoxy) is 3. The summed E-state index contributed by atoms with van der Waals surface area (Å²) in [6.07, 6.45) is 2.55. The molecule has 3 rings (SSSR count). The molecule has 156 valence electrons. The van der Waals surface area contributed by atoms with Crippen LogP contribution in [-0.4, -0.2) is 35.3 Å². The van der Waals surface area contributed by atoms with Crippen LogP contribution in [0.5, 0.6) is 17.2 Å². The molecule has 0 radical (unpaired) electrons. The minimum atomic E-state index is -0.508. The molecule has 0 N–H and O–H groups in total. The Morgan fingerprint density at radius 2 is 1.69 bits per heavy atom. The summed E-state index contributed by atoms with van der Waals surface area (Å²) in [5, 5.41) is 0. The van der Waals surface area contributed by atoms with Gasteiger partial charge in [-0.2, -0.15) is 0 Å². The summed E-state index contributed by atoms with van der Waals surface area (Å²) in [4.78, 5) is 14.5. The monoisotopic (exact) mass is 397 g/mol. The zero-order valence-corrected chi connectivity index (χ0v) is 17.8. The molecular formula is C24H31NO4. The first-order valence-corrected chi connectivity index (χ1v) is 10.3. The van der Waals surface area contributed by atoms with Crippen LogP contribution in [0.1, 0.15) is 47.0 Å². The molecule has 0 spiro atoms. The Hall–Kier alpha value is -2.69. The summed E-state index contributed by atoms with van der Waals surface area (Å²) >= 11 is 0. The lowest BCUT2D eigenvalue weighted by molar-refractivity contribution is -0.00810. The number of rotatable bonds is 5. The summed E-state index contributed by atoms with van der Waals surface area (Å²) in [6, 6.07) is 17.2. The highest BCUT2D eigenvalue weighted by atomic mass is 16.6. The molecule has 1 aliphatic rings. The van der Waals surface area contributed by atoms with Crippen molar-refractivity contribution >= 4 is 6.09 Å². The Kier molecular flexibility index (Phi) is 6.68. The fourth-order valence-electron chi connectivity index (χ4n) is 3.52. The van der Waals surface area contributed by atoms with Crippen LogP contribution in [0.25, 0.3) is 0 Å². The molecule has 5 heteroatoms. The van der Waals surface area contributed by atoms with Crippen molar-refractivity contribution in [3.8, 4) is 17.2 Å². The first-order chi connectivity index (χ1) is 13.8. The maximum absolute atomic E-state index is 12.7. The highest BCUT2D eigenvalue weighted by Crippen LogP contribution is 2.28. The van der Waals surface area contributed by atoms with Gasteiger partial charge in [0.2, 0.25) is 0 Å². The normalized spacial score (nSPS) is 18.1. The van der Waals surface area contributed by atoms with Gasteiger partial charge in [0, 0.05) is 12.6 Å². The van der Waals surface area contributed by atoms with Crippen molar-refractivity contribution in [1.82, 2.24) is 4.90 Å². The summed E-state index contributed by atoms with van der Waals surface area (Å²) < 4.78 is 17.7. The van der Waals surface area contributed by atoms with Gasteiger partial charge in [0.15, 0.2) is 0 Å². The number of para-hydroxylation sites is 1. The van der Waals surface area contributed by atoms with Crippen LogP contribution in [-0.2, 0) is 4.74 Å². The van der Waals surface area contributed by atoms with Crippen molar-refractivity contribution in [2.24, 2.45) is 0 Å². The second-order valence-corrected chi connectivity index (χ2v) is 8.45. The number of hydrogen-bond acceptors (Lipinski definition) is 4. The third-order valence-electron chi connectivity index (χ3n) is 4.83. The molecule has 0 aliphatic carbocycles. The number of nitrogens with zero attached hydrogens (tertiary/aromatic N) is 1. The Labute approximate surface area is 173 Å². The molecule has 1 fully saturated rings. The fraction of sp³-hybridized carbons (Fsp3) is 0.458. The second kappa shape index (κ2) is 9.21. The van der Waals surface area contributed by atoms with Gasteiger partial charge in [-0.3, -0.25) is 0 Å². The van der Waals surface area contributed by atoms with Crippen molar-refractivity contribution in [3.63, 3.8) is 0 Å². The molecule has 2 atom stereocenters. The molecule has 2 aromatic rings. The minimum absolute atomic E-state index is 0.0164. The lowest BCUT2D eigenvalue weighted by atomic mass is 9.98. The molecule has 0 saturated carbocycles. The van der Waals surface area contributed by atoms with Crippen LogP contribution in [0.15, 0.2) is 54.6 Å². The second-order valence-electron chi connectivity index (χ2n) is 8.45. The van der Waals surface area contributed by atoms with Crippen molar-refractivity contribution in [1.29, 1.82) is 0 Å². The van der Waals surface area contributed by atoms with Crippen LogP contribution in [0.3, 0.4) is 0 Å². The van der Waals surface area contributed by atoms with E-state index < -0.39 is 5.60 Å². The number of amides is 1. The van der Waals surface area contributed by atoms with Gasteiger partial charge >= 0.3 is 6.09 Å². The maximum Gasteiger partial charge on any atom is 0.410 e. The predicted molar refractivity (Wildman–Crippen MR) is 114 cm³/mol. The summed E-state index contributed by atoms with van der Waals surface area (Å²) in [6.45, 7) is 8.38. The van der Waals surface area contributed by atoms with E-state index in [1.54, 1.807) is 0 Å². The zero-order chi connectivity index (χ0) is 20.9. The number of carbonyl (C=O) groups excluding carboxylic acids is 1. The van der Waals surface area contributed by atoms with Gasteiger partial charge in [-0.05, 0) is 71.2 Å². The number of likely N-dealkylation sites (tertiary alicyclic amines) is 1. The van der Waals surface area contributed by atoms with Gasteiger partial charge in [-0.25, -0.2) is 4.79 Å². The quantitative estimate of drug-likeness (QED) is 0.617. The lowest BCUT2D eigenvalue weighted by Gasteiger charge is -2.39. The van der Waals surface area contributed by atoms with E-state index in [0.29, 0.717) is 12.3 Å². The van der Waals surface area contributed by atoms with Gasteiger partial charge in [-0.1, -0.05) is 24.3 Å². The highest BCUT2D eigenvalue weighted by Gasteiger charge is 2.34. The number of carbonyl (C=O) groups is 1. The number of benzene rings is 2. The van der Waals surface area contributed by atoms with E-state index in [4.69, 9.17) is 14.2 Å². The molecular weight excluding hydrogens is 366 g/mol. The van der Waals surface area contributed by atoms with E-state index in [2.05, 4.69) is 0 Å². The molecule has 5 nitrogen and oxygen atoms in total. The summed E-state index contributed by atoms with van der Waals surface area (Å²) in [5.74, 6) is 2.22. The summed E-state index contributed by atoms with van der Waals surface area (Å²) in [5.41, 5.74) is -0.508. The highest BCUT2D eigenvalue weighted by molar-refractivity contribution is 5.68. The van der Waals surface area contributed by atoms with E-state index in [0.717, 1.165) is 30.8 Å². The van der Waals surface area contributed by atoms with Crippen LogP contribution >= 0.6 is 0 Å². The van der Waals surface area contributed by atoms with E-state index >= 15 is 0 Å². The Morgan fingerprint density at radius 1 is 1.00 bits per heavy atom. The van der Waals surface area contributed by atoms with Crippen LogP contribution in [0, 0.1) is 0 Å². The van der Waals surface area contributed by atoms with E-state index in [9.17, 15) is 4.79 Å². The number of piperidine rings is 1. The van der Waals surface area contributed by atoms with Crippen molar-refractivity contribution in [2.75, 3.05) is 6.54 Å². The standard InChI is InChI=1S/C24H31NO4/c1-18(22-15-8-9-16-25(22)23(26)29-24(2,3)4)27-20-13-10-14-21(17-20)28-19-11-6-5-7-12-19/h5-7,10-14,17-18,22H,8-9,15-16H2,1-4H3/t18?,22-/m0/s1. The molecule has 1 unspecified atom stereocenters. The fourth-order valence-corrected chi connectivity index (χ4v) is 3.52. The van der Waals surface area contributed by atoms with Gasteiger partial charge in [0.05, 0.1) is 6.04 Å². The largest absolute Gasteiger partial charge is 0.488 e. The molecule has 1 heterocycles. The Balaban J connectivity index is 1.67. The molecule has 0 bridgehead atoms. The van der Waals surface area contributed by atoms with Gasteiger partial charge < -0.3 is 19.1 Å². The molecule has 1 aliphatic heterocycles. The molecule has 0 aromatic heterocycles. The predicted octanol–water partition coefficient (Wildman–Crippen LogP) is 6.04. The maximum atomic E-state index is 12.7. The van der Waals surface area contributed by atoms with Crippen LogP contribution in [0.4, 0.5) is 4.79 Å².